The maximum absolute atomic E-state index is 10.5. The summed E-state index contributed by atoms with van der Waals surface area (Å²) in [4.78, 5) is 0. The first-order valence-electron chi connectivity index (χ1n) is 27.0. The van der Waals surface area contributed by atoms with Crippen LogP contribution in [0.2, 0.25) is 0 Å². The smallest absolute Gasteiger partial charge is 0.123 e. The molecule has 4 aliphatic heterocycles. The maximum Gasteiger partial charge on any atom is 0.123 e. The van der Waals surface area contributed by atoms with Crippen molar-refractivity contribution >= 4 is 0 Å². The number of benzene rings is 5. The zero-order valence-electron chi connectivity index (χ0n) is 44.7. The summed E-state index contributed by atoms with van der Waals surface area (Å²) in [5.41, 5.74) is 10.3. The Hall–Kier alpha value is -4.32. The summed E-state index contributed by atoms with van der Waals surface area (Å²) in [5.74, 6) is 4.50. The molecular formula is C63H79O11Pd-. The molecule has 0 aromatic heterocycles. The predicted octanol–water partition coefficient (Wildman–Crippen LogP) is 10.7. The van der Waals surface area contributed by atoms with Crippen molar-refractivity contribution in [1.29, 1.82) is 0 Å². The minimum atomic E-state index is -1.41. The standard InChI is InChI=1S/C36H44O4.C26H32O7.CH3.Pd/c1-5-31-24(2)25(3)34(38-23-26-10-7-6-8-11-26)35(39-31)29-13-15-32(37-4)30(22-29)21-27-12-14-33-28(20-27)16-19-36(40-33)17-9-18-36;1-31-19-6-4-17(25-24(30)23(29)22(28)21(14-27)32-25)13-18(19)12-15-3-5-20-16(11-15)7-10-26(33-20)8-2-9-26;;/h6-8,10-15,20,22,24-25,31,34-35H,5,9,16-19,21,23H2,1-4H3;3-6,11,13,21-25,27-30H,2,7-10,12,14H2,1H3;1H3;/q;;-1;/t24-,25-,31+,34+,35-;21-,22-,23+,24-,25+;;/m01../s1. The third-order valence-corrected chi connectivity index (χ3v) is 17.3. The van der Waals surface area contributed by atoms with E-state index in [1.165, 1.54) is 59.1 Å². The molecule has 5 aromatic rings. The van der Waals surface area contributed by atoms with Gasteiger partial charge in [-0.1, -0.05) is 87.5 Å². The molecule has 2 saturated carbocycles. The van der Waals surface area contributed by atoms with E-state index < -0.39 is 37.1 Å². The van der Waals surface area contributed by atoms with Crippen molar-refractivity contribution in [3.63, 3.8) is 0 Å². The molecule has 6 aliphatic rings. The van der Waals surface area contributed by atoms with E-state index in [0.29, 0.717) is 36.2 Å². The van der Waals surface area contributed by atoms with Crippen molar-refractivity contribution in [2.24, 2.45) is 11.8 Å². The minimum Gasteiger partial charge on any atom is -0.496 e. The average Bonchev–Trinajstić information content (AvgIpc) is 3.40. The Balaban J connectivity index is 0.000000197. The molecular weight excluding hydrogens is 1040 g/mol. The van der Waals surface area contributed by atoms with Crippen molar-refractivity contribution in [3.05, 3.63) is 161 Å². The first-order valence-corrected chi connectivity index (χ1v) is 27.0. The van der Waals surface area contributed by atoms with Gasteiger partial charge in [0.05, 0.1) is 39.6 Å². The SMILES string of the molecule is CC[C@H]1O[C@@H](c2ccc(OC)c(Cc3ccc4c(c3)CCC3(CCC3)O4)c2)[C@H](OCc2ccccc2)[C@@H](C)[C@@H]1C.COc1ccc([C@@H]2O[C@H](CO)[C@@H](O)[C@H](O)[C@H]2O)cc1Cc1ccc2c(c1)CCC1(CCC1)O2.[CH3-].[Pd]. The van der Waals surface area contributed by atoms with Gasteiger partial charge in [-0.05, 0) is 169 Å². The fourth-order valence-electron chi connectivity index (χ4n) is 12.3. The molecule has 0 radical (unpaired) electrons. The number of aliphatic hydroxyl groups is 4. The molecule has 2 spiro atoms. The molecule has 4 heterocycles. The molecule has 408 valence electrons. The number of hydrogen-bond donors (Lipinski definition) is 4. The second kappa shape index (κ2) is 24.6. The molecule has 10 atom stereocenters. The predicted molar refractivity (Wildman–Crippen MR) is 286 cm³/mol. The zero-order chi connectivity index (χ0) is 50.9. The third kappa shape index (κ3) is 12.1. The van der Waals surface area contributed by atoms with Crippen LogP contribution < -0.4 is 18.9 Å². The van der Waals surface area contributed by atoms with Crippen LogP contribution in [0.25, 0.3) is 0 Å². The van der Waals surface area contributed by atoms with Crippen LogP contribution in [0.4, 0.5) is 0 Å². The fraction of sp³-hybridized carbons (Fsp3) is 0.508. The number of rotatable bonds is 13. The van der Waals surface area contributed by atoms with Gasteiger partial charge in [-0.25, -0.2) is 0 Å². The summed E-state index contributed by atoms with van der Waals surface area (Å²) in [5, 5.41) is 40.3. The van der Waals surface area contributed by atoms with Gasteiger partial charge in [0.2, 0.25) is 0 Å². The van der Waals surface area contributed by atoms with Gasteiger partial charge in [0.25, 0.3) is 0 Å². The number of hydrogen-bond acceptors (Lipinski definition) is 11. The summed E-state index contributed by atoms with van der Waals surface area (Å²) in [7, 11) is 3.38. The van der Waals surface area contributed by atoms with Gasteiger partial charge < -0.3 is 61.0 Å². The summed E-state index contributed by atoms with van der Waals surface area (Å²) < 4.78 is 43.4. The van der Waals surface area contributed by atoms with Crippen LogP contribution in [0.15, 0.2) is 103 Å². The Morgan fingerprint density at radius 3 is 1.57 bits per heavy atom. The van der Waals surface area contributed by atoms with Gasteiger partial charge in [-0.2, -0.15) is 0 Å². The van der Waals surface area contributed by atoms with Crippen LogP contribution in [0, 0.1) is 19.3 Å². The minimum absolute atomic E-state index is 0. The Kier molecular flexibility index (Phi) is 18.6. The van der Waals surface area contributed by atoms with E-state index in [0.717, 1.165) is 79.7 Å². The number of methoxy groups -OCH3 is 2. The summed E-state index contributed by atoms with van der Waals surface area (Å²) >= 11 is 0. The fourth-order valence-corrected chi connectivity index (χ4v) is 12.3. The molecule has 0 amide bonds. The van der Waals surface area contributed by atoms with Gasteiger partial charge in [0.1, 0.15) is 70.8 Å². The van der Waals surface area contributed by atoms with Crippen molar-refractivity contribution in [2.45, 2.75) is 171 Å². The molecule has 0 bridgehead atoms. The molecule has 12 heteroatoms. The first-order chi connectivity index (χ1) is 35.4. The van der Waals surface area contributed by atoms with Crippen LogP contribution in [0.1, 0.15) is 141 Å². The molecule has 11 nitrogen and oxygen atoms in total. The monoisotopic (exact) mass is 1120 g/mol. The molecule has 2 aliphatic carbocycles. The molecule has 4 fully saturated rings. The average molecular weight is 1120 g/mol. The van der Waals surface area contributed by atoms with Gasteiger partial charge in [0, 0.05) is 33.3 Å². The van der Waals surface area contributed by atoms with E-state index in [-0.39, 0.29) is 57.4 Å². The van der Waals surface area contributed by atoms with Gasteiger partial charge >= 0.3 is 0 Å². The van der Waals surface area contributed by atoms with Crippen LogP contribution in [-0.2, 0) is 66.9 Å². The Bertz CT molecular complexity index is 2670. The second-order valence-corrected chi connectivity index (χ2v) is 21.9. The molecule has 2 saturated heterocycles. The zero-order valence-corrected chi connectivity index (χ0v) is 46.2. The first kappa shape index (κ1) is 56.9. The second-order valence-electron chi connectivity index (χ2n) is 21.9. The largest absolute Gasteiger partial charge is 0.496 e. The Labute approximate surface area is 458 Å². The van der Waals surface area contributed by atoms with Crippen molar-refractivity contribution in [3.8, 4) is 23.0 Å². The Morgan fingerprint density at radius 1 is 0.573 bits per heavy atom. The van der Waals surface area contributed by atoms with Crippen molar-refractivity contribution in [1.82, 2.24) is 0 Å². The molecule has 4 N–H and O–H groups in total. The van der Waals surface area contributed by atoms with E-state index in [9.17, 15) is 20.4 Å². The van der Waals surface area contributed by atoms with Crippen molar-refractivity contribution < 1.29 is 74.0 Å². The summed E-state index contributed by atoms with van der Waals surface area (Å²) in [6.45, 7) is 6.98. The van der Waals surface area contributed by atoms with E-state index in [1.54, 1.807) is 20.3 Å². The third-order valence-electron chi connectivity index (χ3n) is 17.3. The van der Waals surface area contributed by atoms with Gasteiger partial charge in [0.15, 0.2) is 0 Å². The van der Waals surface area contributed by atoms with Gasteiger partial charge in [-0.15, -0.1) is 0 Å². The number of fused-ring (bicyclic) bond motifs is 2. The van der Waals surface area contributed by atoms with E-state index in [4.69, 9.17) is 33.2 Å². The topological polar surface area (TPSA) is 146 Å². The van der Waals surface area contributed by atoms with E-state index in [1.807, 2.05) is 18.2 Å². The van der Waals surface area contributed by atoms with Gasteiger partial charge in [-0.3, -0.25) is 0 Å². The van der Waals surface area contributed by atoms with E-state index >= 15 is 0 Å². The maximum atomic E-state index is 10.5. The summed E-state index contributed by atoms with van der Waals surface area (Å²) in [6.07, 6.45) is 8.12. The normalized spacial score (nSPS) is 27.7. The molecule has 5 aromatic carbocycles. The molecule has 0 unspecified atom stereocenters. The van der Waals surface area contributed by atoms with Crippen LogP contribution in [-0.4, -0.2) is 89.1 Å². The number of ether oxygens (including phenoxy) is 7. The summed E-state index contributed by atoms with van der Waals surface area (Å²) in [6, 6.07) is 35.6. The van der Waals surface area contributed by atoms with E-state index in [2.05, 4.69) is 99.6 Å². The molecule has 75 heavy (non-hydrogen) atoms. The molecule has 11 rings (SSSR count). The van der Waals surface area contributed by atoms with Crippen LogP contribution in [0.5, 0.6) is 23.0 Å². The van der Waals surface area contributed by atoms with Crippen molar-refractivity contribution in [2.75, 3.05) is 20.8 Å². The number of aliphatic hydroxyl groups excluding tert-OH is 4. The number of aryl methyl sites for hydroxylation is 2. The van der Waals surface area contributed by atoms with Crippen LogP contribution >= 0.6 is 0 Å². The quantitative estimate of drug-likeness (QED) is 0.0660. The Morgan fingerprint density at radius 2 is 1.09 bits per heavy atom. The van der Waals surface area contributed by atoms with Crippen LogP contribution in [0.3, 0.4) is 0 Å².